The number of rotatable bonds is 4. The first-order valence-corrected chi connectivity index (χ1v) is 6.75. The van der Waals surface area contributed by atoms with Crippen molar-refractivity contribution < 1.29 is 0 Å². The number of benzene rings is 1. The van der Waals surface area contributed by atoms with Gasteiger partial charge in [0.25, 0.3) is 0 Å². The average molecular weight is 266 g/mol. The van der Waals surface area contributed by atoms with Crippen molar-refractivity contribution in [3.8, 4) is 0 Å². The highest BCUT2D eigenvalue weighted by Crippen LogP contribution is 2.26. The Kier molecular flexibility index (Phi) is 3.48. The van der Waals surface area contributed by atoms with Gasteiger partial charge in [-0.15, -0.1) is 0 Å². The van der Waals surface area contributed by atoms with E-state index in [9.17, 15) is 0 Å². The fourth-order valence-corrected chi connectivity index (χ4v) is 2.58. The van der Waals surface area contributed by atoms with Gasteiger partial charge >= 0.3 is 0 Å². The van der Waals surface area contributed by atoms with Crippen LogP contribution in [0.2, 0.25) is 0 Å². The second kappa shape index (κ2) is 5.43. The fraction of sp³-hybridized carbons (Fsp3) is 0.250. The van der Waals surface area contributed by atoms with Crippen LogP contribution in [0.1, 0.15) is 17.0 Å². The summed E-state index contributed by atoms with van der Waals surface area (Å²) in [6.45, 7) is 0.879. The summed E-state index contributed by atoms with van der Waals surface area (Å²) in [5, 5.41) is 3.26. The molecule has 0 aliphatic carbocycles. The number of fused-ring (bicyclic) bond motifs is 1. The van der Waals surface area contributed by atoms with E-state index in [-0.39, 0.29) is 0 Å². The zero-order valence-corrected chi connectivity index (χ0v) is 11.7. The van der Waals surface area contributed by atoms with E-state index in [1.54, 1.807) is 0 Å². The summed E-state index contributed by atoms with van der Waals surface area (Å²) in [6.07, 6.45) is 5.60. The number of hydrogen-bond donors (Lipinski definition) is 1. The van der Waals surface area contributed by atoms with E-state index in [0.29, 0.717) is 5.92 Å². The summed E-state index contributed by atoms with van der Waals surface area (Å²) in [5.74, 6) is 0.292. The highest BCUT2D eigenvalue weighted by molar-refractivity contribution is 5.76. The molecular formula is C16H18N4. The van der Waals surface area contributed by atoms with Gasteiger partial charge in [0.1, 0.15) is 0 Å². The Balaban J connectivity index is 2.05. The second-order valence-electron chi connectivity index (χ2n) is 5.00. The zero-order chi connectivity index (χ0) is 13.9. The Morgan fingerprint density at radius 1 is 1.25 bits per heavy atom. The summed E-state index contributed by atoms with van der Waals surface area (Å²) in [6, 6.07) is 10.6. The van der Waals surface area contributed by atoms with Gasteiger partial charge in [-0.25, -0.2) is 4.98 Å². The van der Waals surface area contributed by atoms with Gasteiger partial charge in [-0.1, -0.05) is 12.1 Å². The maximum absolute atomic E-state index is 4.44. The van der Waals surface area contributed by atoms with E-state index in [2.05, 4.69) is 39.6 Å². The van der Waals surface area contributed by atoms with Crippen molar-refractivity contribution in [2.75, 3.05) is 13.6 Å². The molecule has 0 bridgehead atoms. The summed E-state index contributed by atoms with van der Waals surface area (Å²) in [4.78, 5) is 8.67. The number of hydrogen-bond acceptors (Lipinski definition) is 3. The first kappa shape index (κ1) is 12.8. The lowest BCUT2D eigenvalue weighted by Crippen LogP contribution is -2.18. The lowest BCUT2D eigenvalue weighted by Gasteiger charge is -2.17. The van der Waals surface area contributed by atoms with Crippen molar-refractivity contribution in [1.82, 2.24) is 19.9 Å². The summed E-state index contributed by atoms with van der Waals surface area (Å²) >= 11 is 0. The lowest BCUT2D eigenvalue weighted by molar-refractivity contribution is 0.706. The van der Waals surface area contributed by atoms with Gasteiger partial charge in [0.15, 0.2) is 0 Å². The predicted octanol–water partition coefficient (Wildman–Crippen LogP) is 2.32. The molecule has 1 unspecified atom stereocenters. The van der Waals surface area contributed by atoms with Crippen LogP contribution in [0.5, 0.6) is 0 Å². The van der Waals surface area contributed by atoms with Crippen molar-refractivity contribution in [3.63, 3.8) is 0 Å². The van der Waals surface area contributed by atoms with Crippen molar-refractivity contribution in [3.05, 3.63) is 60.2 Å². The number of aromatic nitrogens is 3. The molecule has 0 saturated heterocycles. The summed E-state index contributed by atoms with van der Waals surface area (Å²) < 4.78 is 2.04. The van der Waals surface area contributed by atoms with Gasteiger partial charge in [-0.2, -0.15) is 0 Å². The van der Waals surface area contributed by atoms with E-state index >= 15 is 0 Å². The molecule has 102 valence electrons. The Bertz CT molecular complexity index is 703. The summed E-state index contributed by atoms with van der Waals surface area (Å²) in [7, 11) is 3.99. The number of aryl methyl sites for hydroxylation is 1. The molecule has 3 aromatic rings. The first-order chi connectivity index (χ1) is 9.79. The zero-order valence-electron chi connectivity index (χ0n) is 11.7. The van der Waals surface area contributed by atoms with Crippen molar-refractivity contribution in [2.45, 2.75) is 5.92 Å². The highest BCUT2D eigenvalue weighted by Gasteiger charge is 2.14. The molecule has 0 saturated carbocycles. The van der Waals surface area contributed by atoms with Crippen LogP contribution in [-0.2, 0) is 7.05 Å². The molecule has 3 rings (SSSR count). The summed E-state index contributed by atoms with van der Waals surface area (Å²) in [5.41, 5.74) is 4.67. The molecule has 20 heavy (non-hydrogen) atoms. The van der Waals surface area contributed by atoms with Crippen LogP contribution >= 0.6 is 0 Å². The molecule has 0 amide bonds. The first-order valence-electron chi connectivity index (χ1n) is 6.75. The molecule has 2 aromatic heterocycles. The van der Waals surface area contributed by atoms with Gasteiger partial charge in [0.05, 0.1) is 17.4 Å². The van der Waals surface area contributed by atoms with Gasteiger partial charge in [-0.3, -0.25) is 4.98 Å². The lowest BCUT2D eigenvalue weighted by atomic mass is 9.92. The Hall–Kier alpha value is -2.20. The smallest absolute Gasteiger partial charge is 0.0955 e. The minimum absolute atomic E-state index is 0.292. The Morgan fingerprint density at radius 3 is 2.90 bits per heavy atom. The highest BCUT2D eigenvalue weighted by atomic mass is 15.0. The largest absolute Gasteiger partial charge is 0.334 e. The quantitative estimate of drug-likeness (QED) is 0.788. The topological polar surface area (TPSA) is 42.7 Å². The van der Waals surface area contributed by atoms with Crippen LogP contribution in [0.3, 0.4) is 0 Å². The van der Waals surface area contributed by atoms with Gasteiger partial charge < -0.3 is 9.88 Å². The molecule has 4 heteroatoms. The number of nitrogens with zero attached hydrogens (tertiary/aromatic N) is 3. The molecule has 1 atom stereocenters. The second-order valence-corrected chi connectivity index (χ2v) is 5.00. The van der Waals surface area contributed by atoms with Gasteiger partial charge in [0.2, 0.25) is 0 Å². The minimum atomic E-state index is 0.292. The molecular weight excluding hydrogens is 248 g/mol. The monoisotopic (exact) mass is 266 g/mol. The van der Waals surface area contributed by atoms with Crippen LogP contribution in [0.4, 0.5) is 0 Å². The maximum Gasteiger partial charge on any atom is 0.0955 e. The molecule has 0 aliphatic rings. The Morgan fingerprint density at radius 2 is 2.15 bits per heavy atom. The van der Waals surface area contributed by atoms with Crippen LogP contribution in [0.25, 0.3) is 11.0 Å². The standard InChI is InChI=1S/C16H18N4/c1-17-10-14(13-4-3-7-18-9-13)12-5-6-16-15(8-12)19-11-20(16)2/h3-9,11,14,17H,10H2,1-2H3. The Labute approximate surface area is 118 Å². The van der Waals surface area contributed by atoms with E-state index in [4.69, 9.17) is 0 Å². The number of imidazole rings is 1. The third-order valence-electron chi connectivity index (χ3n) is 3.65. The van der Waals surface area contributed by atoms with Crippen LogP contribution in [-0.4, -0.2) is 28.1 Å². The molecule has 0 aliphatic heterocycles. The van der Waals surface area contributed by atoms with Crippen LogP contribution < -0.4 is 5.32 Å². The third-order valence-corrected chi connectivity index (χ3v) is 3.65. The van der Waals surface area contributed by atoms with E-state index in [1.165, 1.54) is 11.1 Å². The van der Waals surface area contributed by atoms with E-state index < -0.39 is 0 Å². The fourth-order valence-electron chi connectivity index (χ4n) is 2.58. The average Bonchev–Trinajstić information content (AvgIpc) is 2.86. The number of pyridine rings is 1. The maximum atomic E-state index is 4.44. The van der Waals surface area contributed by atoms with Crippen LogP contribution in [0, 0.1) is 0 Å². The molecule has 0 fully saturated rings. The molecule has 4 nitrogen and oxygen atoms in total. The normalized spacial score (nSPS) is 12.7. The molecule has 1 N–H and O–H groups in total. The molecule has 0 spiro atoms. The van der Waals surface area contributed by atoms with E-state index in [1.807, 2.05) is 43.4 Å². The molecule has 0 radical (unpaired) electrons. The molecule has 2 heterocycles. The van der Waals surface area contributed by atoms with Gasteiger partial charge in [0, 0.05) is 31.9 Å². The van der Waals surface area contributed by atoms with Crippen molar-refractivity contribution in [1.29, 1.82) is 0 Å². The van der Waals surface area contributed by atoms with Crippen molar-refractivity contribution >= 4 is 11.0 Å². The molecule has 1 aromatic carbocycles. The van der Waals surface area contributed by atoms with Crippen LogP contribution in [0.15, 0.2) is 49.1 Å². The van der Waals surface area contributed by atoms with E-state index in [0.717, 1.165) is 17.6 Å². The minimum Gasteiger partial charge on any atom is -0.334 e. The predicted molar refractivity (Wildman–Crippen MR) is 80.7 cm³/mol. The number of nitrogens with one attached hydrogen (secondary N) is 1. The van der Waals surface area contributed by atoms with Crippen molar-refractivity contribution in [2.24, 2.45) is 7.05 Å². The number of likely N-dealkylation sites (N-methyl/N-ethyl adjacent to an activating group) is 1. The third kappa shape index (κ3) is 2.30. The van der Waals surface area contributed by atoms with Gasteiger partial charge in [-0.05, 0) is 36.4 Å². The SMILES string of the molecule is CNCC(c1cccnc1)c1ccc2c(c1)ncn2C.